The minimum absolute atomic E-state index is 0.977. The van der Waals surface area contributed by atoms with E-state index in [4.69, 9.17) is 0 Å². The summed E-state index contributed by atoms with van der Waals surface area (Å²) in [6.07, 6.45) is 5.13. The Morgan fingerprint density at radius 3 is 0.588 bits per heavy atom. The fourth-order valence-corrected chi connectivity index (χ4v) is 20.4. The Hall–Kier alpha value is -8.16. The molecule has 0 nitrogen and oxygen atoms in total. The van der Waals surface area contributed by atoms with Crippen molar-refractivity contribution in [3.05, 3.63) is 362 Å². The lowest BCUT2D eigenvalue weighted by Gasteiger charge is -2.28. The number of benzene rings is 12. The Labute approximate surface area is 477 Å². The van der Waals surface area contributed by atoms with Crippen LogP contribution in [0.25, 0.3) is 23.3 Å². The number of rotatable bonds is 17. The molecule has 0 saturated heterocycles. The van der Waals surface area contributed by atoms with Gasteiger partial charge in [0.1, 0.15) is 0 Å². The summed E-state index contributed by atoms with van der Waals surface area (Å²) in [6.45, 7) is 0. The molecule has 0 aliphatic heterocycles. The van der Waals surface area contributed by atoms with Crippen LogP contribution in [-0.4, -0.2) is 0 Å². The minimum atomic E-state index is -1.05. The van der Waals surface area contributed by atoms with E-state index in [2.05, 4.69) is 352 Å². The van der Waals surface area contributed by atoms with Gasteiger partial charge in [-0.25, -0.2) is 0 Å². The largest absolute Gasteiger partial charge is 0.0622 e. The highest BCUT2D eigenvalue weighted by Gasteiger charge is 2.29. The van der Waals surface area contributed by atoms with E-state index in [9.17, 15) is 0 Å². The maximum Gasteiger partial charge on any atom is -0.00724 e. The van der Waals surface area contributed by atoms with E-state index in [-0.39, 0.29) is 0 Å². The molecule has 12 aromatic carbocycles. The quantitative estimate of drug-likeness (QED) is 0.0484. The molecule has 12 rings (SSSR count). The summed E-state index contributed by atoms with van der Waals surface area (Å²) < 4.78 is 0. The van der Waals surface area contributed by atoms with Gasteiger partial charge in [0.05, 0.1) is 0 Å². The zero-order valence-electron chi connectivity index (χ0n) is 44.3. The summed E-state index contributed by atoms with van der Waals surface area (Å²) in [5, 5.41) is 15.7. The lowest BCUT2D eigenvalue weighted by Crippen LogP contribution is -2.25. The smallest absolute Gasteiger partial charge is 0.00724 e. The first-order valence-electron chi connectivity index (χ1n) is 27.2. The van der Waals surface area contributed by atoms with Gasteiger partial charge in [0.15, 0.2) is 0 Å². The topological polar surface area (TPSA) is 0 Å². The second-order valence-corrected chi connectivity index (χ2v) is 28.0. The molecule has 0 radical (unpaired) electrons. The maximum absolute atomic E-state index is 2.56. The van der Waals surface area contributed by atoms with Gasteiger partial charge < -0.3 is 0 Å². The van der Waals surface area contributed by atoms with Gasteiger partial charge in [-0.2, -0.15) is 0 Å². The molecule has 0 aliphatic carbocycles. The molecule has 0 aliphatic rings. The van der Waals surface area contributed by atoms with Gasteiger partial charge in [-0.15, -0.1) is 0 Å². The first kappa shape index (κ1) is 52.5. The molecule has 0 N–H and O–H groups in total. The highest BCUT2D eigenvalue weighted by atomic mass is 31.1. The zero-order valence-corrected chi connectivity index (χ0v) is 47.9. The standard InChI is InChI=1S/C76H58P4/c1-9-35-61(36-10-1)77(62-37-11-2-12-38-62)73-53-29-25-33-59(73)57-71(69-51-27-31-55-75(69)79(65-43-17-5-18-44-65)66-45-19-6-20-46-66)72(70-52-28-32-56-76(70)80(67-47-21-7-22-48-67)68-49-23-8-24-50-68)58-60-34-26-30-54-74(60)78(63-39-13-3-14-40-63)64-41-15-4-16-42-64/h1-58H/b71-57-,72-58+. The molecule has 0 amide bonds. The van der Waals surface area contributed by atoms with Crippen LogP contribution in [0.4, 0.5) is 0 Å². The first-order chi connectivity index (χ1) is 39.8. The lowest BCUT2D eigenvalue weighted by molar-refractivity contribution is 1.63. The fourth-order valence-electron chi connectivity index (χ4n) is 10.7. The molecule has 382 valence electrons. The van der Waals surface area contributed by atoms with Crippen molar-refractivity contribution in [3.8, 4) is 0 Å². The van der Waals surface area contributed by atoms with E-state index in [0.717, 1.165) is 0 Å². The molecule has 0 fully saturated rings. The molecule has 4 heteroatoms. The van der Waals surface area contributed by atoms with Crippen LogP contribution in [0.1, 0.15) is 22.3 Å². The molecular formula is C76H58P4. The Morgan fingerprint density at radius 1 is 0.175 bits per heavy atom. The van der Waals surface area contributed by atoms with Crippen LogP contribution in [0.15, 0.2) is 340 Å². The molecule has 0 aromatic heterocycles. The molecule has 0 spiro atoms. The number of hydrogen-bond donors (Lipinski definition) is 0. The van der Waals surface area contributed by atoms with Crippen LogP contribution in [-0.2, 0) is 0 Å². The fraction of sp³-hybridized carbons (Fsp3) is 0. The van der Waals surface area contributed by atoms with Gasteiger partial charge in [0.25, 0.3) is 0 Å². The van der Waals surface area contributed by atoms with Crippen LogP contribution >= 0.6 is 31.7 Å². The summed E-state index contributed by atoms with van der Waals surface area (Å²) in [4.78, 5) is 0. The Balaban J connectivity index is 1.22. The van der Waals surface area contributed by atoms with E-state index < -0.39 is 31.7 Å². The van der Waals surface area contributed by atoms with Crippen molar-refractivity contribution >= 4 is 119 Å². The van der Waals surface area contributed by atoms with Gasteiger partial charge in [-0.05, 0) is 141 Å². The van der Waals surface area contributed by atoms with E-state index in [1.54, 1.807) is 0 Å². The molecular weight excluding hydrogens is 1040 g/mol. The van der Waals surface area contributed by atoms with Crippen molar-refractivity contribution in [1.82, 2.24) is 0 Å². The highest BCUT2D eigenvalue weighted by Crippen LogP contribution is 2.45. The Morgan fingerprint density at radius 2 is 0.350 bits per heavy atom. The van der Waals surface area contributed by atoms with Gasteiger partial charge in [0, 0.05) is 0 Å². The van der Waals surface area contributed by atoms with Crippen molar-refractivity contribution in [2.24, 2.45) is 0 Å². The second-order valence-electron chi connectivity index (χ2n) is 19.3. The van der Waals surface area contributed by atoms with Crippen molar-refractivity contribution in [2.45, 2.75) is 0 Å². The molecule has 0 unspecified atom stereocenters. The summed E-state index contributed by atoms with van der Waals surface area (Å²) in [6, 6.07) is 126. The highest BCUT2D eigenvalue weighted by molar-refractivity contribution is 7.81. The SMILES string of the molecule is C(=C(\C(=C/c1ccccc1P(c1ccccc1)c1ccccc1)c1ccccc1P(c1ccccc1)c1ccccc1)c1ccccc1P(c1ccccc1)c1ccccc1)/c1ccccc1P(c1ccccc1)c1ccccc1. The maximum atomic E-state index is 2.56. The Bertz CT molecular complexity index is 3560. The summed E-state index contributed by atoms with van der Waals surface area (Å²) in [7, 11) is -4.04. The van der Waals surface area contributed by atoms with Crippen LogP contribution < -0.4 is 63.7 Å². The third-order valence-electron chi connectivity index (χ3n) is 14.2. The summed E-state index contributed by atoms with van der Waals surface area (Å²) >= 11 is 0. The van der Waals surface area contributed by atoms with Gasteiger partial charge >= 0.3 is 0 Å². The molecule has 12 aromatic rings. The predicted octanol–water partition coefficient (Wildman–Crippen LogP) is 14.5. The number of hydrogen-bond acceptors (Lipinski definition) is 0. The van der Waals surface area contributed by atoms with Gasteiger partial charge in [-0.3, -0.25) is 0 Å². The van der Waals surface area contributed by atoms with Crippen LogP contribution in [0.5, 0.6) is 0 Å². The molecule has 0 atom stereocenters. The van der Waals surface area contributed by atoms with Crippen LogP contribution in [0, 0.1) is 0 Å². The first-order valence-corrected chi connectivity index (χ1v) is 32.5. The van der Waals surface area contributed by atoms with Crippen LogP contribution in [0.3, 0.4) is 0 Å². The third kappa shape index (κ3) is 11.7. The molecule has 0 saturated carbocycles. The molecule has 0 bridgehead atoms. The second kappa shape index (κ2) is 25.7. The number of allylic oxidation sites excluding steroid dienone is 2. The summed E-state index contributed by atoms with van der Waals surface area (Å²) in [5.41, 5.74) is 7.15. The van der Waals surface area contributed by atoms with Crippen molar-refractivity contribution < 1.29 is 0 Å². The average molecular weight is 1100 g/mol. The minimum Gasteiger partial charge on any atom is -0.0622 e. The van der Waals surface area contributed by atoms with E-state index in [1.165, 1.54) is 97.1 Å². The third-order valence-corrected chi connectivity index (χ3v) is 24.3. The van der Waals surface area contributed by atoms with Crippen molar-refractivity contribution in [3.63, 3.8) is 0 Å². The normalized spacial score (nSPS) is 11.8. The molecule has 80 heavy (non-hydrogen) atoms. The molecule has 0 heterocycles. The van der Waals surface area contributed by atoms with Gasteiger partial charge in [0.2, 0.25) is 0 Å². The van der Waals surface area contributed by atoms with Gasteiger partial charge in [-0.1, -0.05) is 340 Å². The average Bonchev–Trinajstić information content (AvgIpc) is 3.71. The van der Waals surface area contributed by atoms with E-state index in [1.807, 2.05) is 0 Å². The predicted molar refractivity (Wildman–Crippen MR) is 356 cm³/mol. The van der Waals surface area contributed by atoms with E-state index >= 15 is 0 Å². The van der Waals surface area contributed by atoms with Crippen molar-refractivity contribution in [2.75, 3.05) is 0 Å². The van der Waals surface area contributed by atoms with E-state index in [0.29, 0.717) is 0 Å². The van der Waals surface area contributed by atoms with Crippen molar-refractivity contribution in [1.29, 1.82) is 0 Å². The zero-order chi connectivity index (χ0) is 53.7. The summed E-state index contributed by atoms with van der Waals surface area (Å²) in [5.74, 6) is 0. The Kier molecular flexibility index (Phi) is 16.9. The lowest BCUT2D eigenvalue weighted by atomic mass is 9.89. The van der Waals surface area contributed by atoms with Crippen LogP contribution in [0.2, 0.25) is 0 Å². The monoisotopic (exact) mass is 1090 g/mol.